The number of ether oxygens (including phenoxy) is 1. The van der Waals surface area contributed by atoms with E-state index in [2.05, 4.69) is 20.8 Å². The molecule has 0 fully saturated rings. The van der Waals surface area contributed by atoms with E-state index in [1.807, 2.05) is 13.8 Å². The average Bonchev–Trinajstić information content (AvgIpc) is 2.97. The smallest absolute Gasteiger partial charge is 0.321 e. The highest BCUT2D eigenvalue weighted by molar-refractivity contribution is 7.99. The zero-order valence-electron chi connectivity index (χ0n) is 14.9. The summed E-state index contributed by atoms with van der Waals surface area (Å²) in [5, 5.41) is 12.8. The van der Waals surface area contributed by atoms with E-state index in [1.165, 1.54) is 12.1 Å². The second-order valence-electron chi connectivity index (χ2n) is 5.93. The van der Waals surface area contributed by atoms with Gasteiger partial charge >= 0.3 is 6.03 Å². The molecule has 27 heavy (non-hydrogen) atoms. The van der Waals surface area contributed by atoms with Gasteiger partial charge in [0.1, 0.15) is 6.61 Å². The van der Waals surface area contributed by atoms with Gasteiger partial charge in [-0.15, -0.1) is 10.2 Å². The van der Waals surface area contributed by atoms with Gasteiger partial charge in [0.25, 0.3) is 0 Å². The number of halogens is 1. The first-order valence-electron chi connectivity index (χ1n) is 8.14. The van der Waals surface area contributed by atoms with Crippen molar-refractivity contribution in [1.29, 1.82) is 0 Å². The molecule has 1 heterocycles. The molecule has 1 aromatic carbocycles. The van der Waals surface area contributed by atoms with Crippen molar-refractivity contribution in [2.75, 3.05) is 18.1 Å². The van der Waals surface area contributed by atoms with E-state index in [0.29, 0.717) is 6.54 Å². The maximum atomic E-state index is 13.5. The summed E-state index contributed by atoms with van der Waals surface area (Å²) in [4.78, 5) is 23.3. The van der Waals surface area contributed by atoms with Crippen molar-refractivity contribution >= 4 is 23.7 Å². The van der Waals surface area contributed by atoms with E-state index in [4.69, 9.17) is 10.6 Å². The first kappa shape index (κ1) is 20.5. The Morgan fingerprint density at radius 3 is 2.78 bits per heavy atom. The molecule has 3 amide bonds. The number of aromatic nitrogens is 3. The van der Waals surface area contributed by atoms with E-state index >= 15 is 0 Å². The number of carbonyl (C=O) groups is 2. The van der Waals surface area contributed by atoms with E-state index < -0.39 is 17.8 Å². The topological polar surface area (TPSA) is 124 Å². The average molecular weight is 396 g/mol. The maximum Gasteiger partial charge on any atom is 0.321 e. The molecule has 2 rings (SSSR count). The van der Waals surface area contributed by atoms with Crippen LogP contribution in [0, 0.1) is 11.7 Å². The molecule has 1 aromatic heterocycles. The number of benzene rings is 1. The van der Waals surface area contributed by atoms with E-state index in [0.717, 1.165) is 16.4 Å². The third-order valence-corrected chi connectivity index (χ3v) is 4.13. The molecule has 0 aliphatic carbocycles. The summed E-state index contributed by atoms with van der Waals surface area (Å²) in [6.45, 7) is 4.27. The first-order chi connectivity index (χ1) is 12.9. The lowest BCUT2D eigenvalue weighted by molar-refractivity contribution is -0.117. The van der Waals surface area contributed by atoms with Crippen LogP contribution in [0.25, 0.3) is 0 Å². The number of nitrogen functional groups attached to an aromatic ring is 1. The fraction of sp³-hybridized carbons (Fsp3) is 0.375. The summed E-state index contributed by atoms with van der Waals surface area (Å²) in [6.07, 6.45) is 0. The molecule has 11 heteroatoms. The Kier molecular flexibility index (Phi) is 7.41. The number of imide groups is 1. The van der Waals surface area contributed by atoms with E-state index in [1.54, 1.807) is 12.1 Å². The second kappa shape index (κ2) is 9.76. The highest BCUT2D eigenvalue weighted by atomic mass is 32.2. The molecule has 2 aromatic rings. The summed E-state index contributed by atoms with van der Waals surface area (Å²) < 4.78 is 20.0. The number of rotatable bonds is 8. The van der Waals surface area contributed by atoms with Crippen LogP contribution in [0.4, 0.5) is 9.18 Å². The van der Waals surface area contributed by atoms with Crippen molar-refractivity contribution in [3.63, 3.8) is 0 Å². The van der Waals surface area contributed by atoms with Gasteiger partial charge in [0.05, 0.1) is 5.75 Å². The Bertz CT molecular complexity index is 798. The monoisotopic (exact) mass is 396 g/mol. The molecule has 9 nitrogen and oxygen atoms in total. The number of nitrogens with two attached hydrogens (primary N) is 1. The predicted molar refractivity (Wildman–Crippen MR) is 98.0 cm³/mol. The minimum Gasteiger partial charge on any atom is -0.482 e. The van der Waals surface area contributed by atoms with Gasteiger partial charge in [0.2, 0.25) is 11.1 Å². The molecular formula is C16H21FN6O3S. The Morgan fingerprint density at radius 2 is 2.07 bits per heavy atom. The standard InChI is InChI=1S/C16H21FN6O3S/c1-10(2)7-19-15(25)20-14(24)9-27-16-22-21-13(23(16)18)8-26-12-6-4-3-5-11(12)17/h3-6,10H,7-9,18H2,1-2H3,(H2,19,20,24,25). The van der Waals surface area contributed by atoms with Gasteiger partial charge in [0, 0.05) is 6.54 Å². The number of hydrogen-bond acceptors (Lipinski definition) is 7. The number of para-hydroxylation sites is 1. The van der Waals surface area contributed by atoms with Crippen LogP contribution in [0.2, 0.25) is 0 Å². The fourth-order valence-electron chi connectivity index (χ4n) is 1.84. The largest absolute Gasteiger partial charge is 0.482 e. The maximum absolute atomic E-state index is 13.5. The van der Waals surface area contributed by atoms with Gasteiger partial charge in [-0.25, -0.2) is 13.9 Å². The van der Waals surface area contributed by atoms with Gasteiger partial charge in [-0.05, 0) is 18.1 Å². The first-order valence-corrected chi connectivity index (χ1v) is 9.12. The number of nitrogens with zero attached hydrogens (tertiary/aromatic N) is 3. The highest BCUT2D eigenvalue weighted by Crippen LogP contribution is 2.18. The third kappa shape index (κ3) is 6.44. The third-order valence-electron chi connectivity index (χ3n) is 3.18. The minimum absolute atomic E-state index is 0.0708. The van der Waals surface area contributed by atoms with Gasteiger partial charge < -0.3 is 15.9 Å². The lowest BCUT2D eigenvalue weighted by Gasteiger charge is -2.08. The predicted octanol–water partition coefficient (Wildman–Crippen LogP) is 1.28. The van der Waals surface area contributed by atoms with Crippen molar-refractivity contribution in [1.82, 2.24) is 25.5 Å². The number of hydrogen-bond donors (Lipinski definition) is 3. The summed E-state index contributed by atoms with van der Waals surface area (Å²) in [5.41, 5.74) is 0. The zero-order valence-corrected chi connectivity index (χ0v) is 15.8. The number of amides is 3. The molecule has 0 aliphatic rings. The van der Waals surface area contributed by atoms with E-state index in [9.17, 15) is 14.0 Å². The van der Waals surface area contributed by atoms with Gasteiger partial charge in [0.15, 0.2) is 17.4 Å². The minimum atomic E-state index is -0.553. The number of carbonyl (C=O) groups excluding carboxylic acids is 2. The second-order valence-corrected chi connectivity index (χ2v) is 6.87. The molecule has 0 unspecified atom stereocenters. The number of nitrogens with one attached hydrogen (secondary N) is 2. The highest BCUT2D eigenvalue weighted by Gasteiger charge is 2.15. The van der Waals surface area contributed by atoms with Crippen molar-refractivity contribution < 1.29 is 18.7 Å². The van der Waals surface area contributed by atoms with Crippen LogP contribution in [-0.2, 0) is 11.4 Å². The van der Waals surface area contributed by atoms with Gasteiger partial charge in [-0.1, -0.05) is 37.7 Å². The van der Waals surface area contributed by atoms with Gasteiger partial charge in [-0.2, -0.15) is 0 Å². The summed E-state index contributed by atoms with van der Waals surface area (Å²) in [7, 11) is 0. The SMILES string of the molecule is CC(C)CNC(=O)NC(=O)CSc1nnc(COc2ccccc2F)n1N. The van der Waals surface area contributed by atoms with Crippen molar-refractivity contribution in [2.24, 2.45) is 5.92 Å². The van der Waals surface area contributed by atoms with Crippen molar-refractivity contribution in [2.45, 2.75) is 25.6 Å². The Hall–Kier alpha value is -2.82. The van der Waals surface area contributed by atoms with Crippen molar-refractivity contribution in [3.8, 4) is 5.75 Å². The summed E-state index contributed by atoms with van der Waals surface area (Å²) in [6, 6.07) is 5.40. The lowest BCUT2D eigenvalue weighted by atomic mass is 10.2. The van der Waals surface area contributed by atoms with Gasteiger partial charge in [-0.3, -0.25) is 10.1 Å². The van der Waals surface area contributed by atoms with Crippen LogP contribution in [0.15, 0.2) is 29.4 Å². The van der Waals surface area contributed by atoms with Crippen molar-refractivity contribution in [3.05, 3.63) is 35.9 Å². The number of urea groups is 1. The van der Waals surface area contributed by atoms with Crippen LogP contribution in [0.5, 0.6) is 5.75 Å². The van der Waals surface area contributed by atoms with Crippen LogP contribution >= 0.6 is 11.8 Å². The summed E-state index contributed by atoms with van der Waals surface area (Å²) >= 11 is 1.01. The quantitative estimate of drug-likeness (QED) is 0.453. The molecular weight excluding hydrogens is 375 g/mol. The normalized spacial score (nSPS) is 10.7. The lowest BCUT2D eigenvalue weighted by Crippen LogP contribution is -2.41. The molecule has 0 atom stereocenters. The molecule has 0 aliphatic heterocycles. The molecule has 146 valence electrons. The summed E-state index contributed by atoms with van der Waals surface area (Å²) in [5.74, 6) is 5.41. The Balaban J connectivity index is 1.82. The molecule has 0 radical (unpaired) electrons. The van der Waals surface area contributed by atoms with Crippen LogP contribution in [-0.4, -0.2) is 39.1 Å². The van der Waals surface area contributed by atoms with Crippen LogP contribution in [0.1, 0.15) is 19.7 Å². The van der Waals surface area contributed by atoms with E-state index in [-0.39, 0.29) is 35.0 Å². The zero-order chi connectivity index (χ0) is 19.8. The molecule has 0 bridgehead atoms. The molecule has 4 N–H and O–H groups in total. The fourth-order valence-corrected chi connectivity index (χ4v) is 2.52. The number of thioether (sulfide) groups is 1. The molecule has 0 spiro atoms. The molecule has 0 saturated heterocycles. The van der Waals surface area contributed by atoms with Crippen LogP contribution < -0.4 is 21.2 Å². The molecule has 0 saturated carbocycles. The van der Waals surface area contributed by atoms with Crippen LogP contribution in [0.3, 0.4) is 0 Å². The Morgan fingerprint density at radius 1 is 1.33 bits per heavy atom. The Labute approximate surface area is 159 Å².